The first-order chi connectivity index (χ1) is 14.9. The Morgan fingerprint density at radius 2 is 1.61 bits per heavy atom. The van der Waals surface area contributed by atoms with E-state index >= 15 is 0 Å². The van der Waals surface area contributed by atoms with Crippen molar-refractivity contribution < 1.29 is 23.7 Å². The van der Waals surface area contributed by atoms with Crippen molar-refractivity contribution in [1.82, 2.24) is 9.88 Å². The third-order valence-electron chi connectivity index (χ3n) is 4.74. The Balaban J connectivity index is 2.05. The standard InChI is InChI=1S/C22H27N3O5S/c1-24(2)9-10-25(22-23-16-13-15(27-3)7-8-19(16)31-22)21(26)14-11-17(28-4)20(30-6)18(12-14)29-5/h7-8,11-13H,9-10H2,1-6H3. The smallest absolute Gasteiger partial charge is 0.260 e. The number of carbonyl (C=O) groups is 1. The molecule has 0 aliphatic heterocycles. The summed E-state index contributed by atoms with van der Waals surface area (Å²) in [6.07, 6.45) is 0. The van der Waals surface area contributed by atoms with Crippen molar-refractivity contribution in [1.29, 1.82) is 0 Å². The zero-order chi connectivity index (χ0) is 22.5. The van der Waals surface area contributed by atoms with Gasteiger partial charge < -0.3 is 23.8 Å². The minimum atomic E-state index is -0.202. The molecule has 0 bridgehead atoms. The van der Waals surface area contributed by atoms with Crippen molar-refractivity contribution in [2.75, 3.05) is 60.5 Å². The van der Waals surface area contributed by atoms with Gasteiger partial charge in [-0.05, 0) is 38.4 Å². The maximum Gasteiger partial charge on any atom is 0.260 e. The van der Waals surface area contributed by atoms with Crippen molar-refractivity contribution in [2.24, 2.45) is 0 Å². The van der Waals surface area contributed by atoms with Gasteiger partial charge in [0.05, 0.1) is 38.7 Å². The largest absolute Gasteiger partial charge is 0.497 e. The predicted octanol–water partition coefficient (Wildman–Crippen LogP) is 3.54. The van der Waals surface area contributed by atoms with Crippen molar-refractivity contribution in [3.05, 3.63) is 35.9 Å². The average molecular weight is 446 g/mol. The lowest BCUT2D eigenvalue weighted by molar-refractivity contribution is 0.0984. The molecule has 31 heavy (non-hydrogen) atoms. The molecule has 166 valence electrons. The Morgan fingerprint density at radius 3 is 2.16 bits per heavy atom. The minimum Gasteiger partial charge on any atom is -0.497 e. The average Bonchev–Trinajstić information content (AvgIpc) is 3.20. The molecule has 0 saturated heterocycles. The molecule has 1 aromatic heterocycles. The van der Waals surface area contributed by atoms with Gasteiger partial charge in [0.15, 0.2) is 16.6 Å². The number of carbonyl (C=O) groups excluding carboxylic acids is 1. The van der Waals surface area contributed by atoms with E-state index in [1.165, 1.54) is 32.7 Å². The van der Waals surface area contributed by atoms with Gasteiger partial charge in [-0.15, -0.1) is 0 Å². The van der Waals surface area contributed by atoms with E-state index < -0.39 is 0 Å². The van der Waals surface area contributed by atoms with Gasteiger partial charge in [-0.1, -0.05) is 11.3 Å². The van der Waals surface area contributed by atoms with Gasteiger partial charge >= 0.3 is 0 Å². The summed E-state index contributed by atoms with van der Waals surface area (Å²) in [5, 5.41) is 0.615. The molecule has 0 N–H and O–H groups in total. The molecule has 8 nitrogen and oxygen atoms in total. The molecule has 1 heterocycles. The number of thiazole rings is 1. The molecular weight excluding hydrogens is 418 g/mol. The Kier molecular flexibility index (Phi) is 7.19. The van der Waals surface area contributed by atoms with Gasteiger partial charge in [-0.25, -0.2) is 4.98 Å². The summed E-state index contributed by atoms with van der Waals surface area (Å²) >= 11 is 1.46. The van der Waals surface area contributed by atoms with E-state index in [0.717, 1.165) is 16.0 Å². The number of aromatic nitrogens is 1. The van der Waals surface area contributed by atoms with Gasteiger partial charge in [0.25, 0.3) is 5.91 Å². The van der Waals surface area contributed by atoms with E-state index in [1.807, 2.05) is 37.2 Å². The highest BCUT2D eigenvalue weighted by Gasteiger charge is 2.25. The Morgan fingerprint density at radius 1 is 0.935 bits per heavy atom. The number of fused-ring (bicyclic) bond motifs is 1. The first-order valence-electron chi connectivity index (χ1n) is 9.63. The number of nitrogens with zero attached hydrogens (tertiary/aromatic N) is 3. The number of likely N-dealkylation sites (N-methyl/N-ethyl adjacent to an activating group) is 1. The summed E-state index contributed by atoms with van der Waals surface area (Å²) in [6, 6.07) is 9.01. The topological polar surface area (TPSA) is 73.4 Å². The highest BCUT2D eigenvalue weighted by Crippen LogP contribution is 2.39. The number of anilines is 1. The first kappa shape index (κ1) is 22.6. The maximum absolute atomic E-state index is 13.6. The third kappa shape index (κ3) is 4.83. The van der Waals surface area contributed by atoms with E-state index in [-0.39, 0.29) is 5.91 Å². The van der Waals surface area contributed by atoms with Crippen LogP contribution in [0.2, 0.25) is 0 Å². The Bertz CT molecular complexity index is 1040. The second-order valence-electron chi connectivity index (χ2n) is 7.00. The molecule has 2 aromatic carbocycles. The fourth-order valence-electron chi connectivity index (χ4n) is 3.08. The monoisotopic (exact) mass is 445 g/mol. The third-order valence-corrected chi connectivity index (χ3v) is 5.80. The van der Waals surface area contributed by atoms with Crippen LogP contribution in [0.25, 0.3) is 10.2 Å². The number of methoxy groups -OCH3 is 4. The summed E-state index contributed by atoms with van der Waals surface area (Å²) in [4.78, 5) is 22.0. The van der Waals surface area contributed by atoms with Crippen LogP contribution in [0.4, 0.5) is 5.13 Å². The van der Waals surface area contributed by atoms with Crippen LogP contribution >= 0.6 is 11.3 Å². The molecule has 0 aliphatic carbocycles. The molecule has 1 amide bonds. The molecule has 0 aliphatic rings. The highest BCUT2D eigenvalue weighted by molar-refractivity contribution is 7.22. The van der Waals surface area contributed by atoms with Gasteiger partial charge in [-0.2, -0.15) is 0 Å². The van der Waals surface area contributed by atoms with Crippen LogP contribution in [0, 0.1) is 0 Å². The van der Waals surface area contributed by atoms with Gasteiger partial charge in [0.2, 0.25) is 5.75 Å². The molecule has 0 unspecified atom stereocenters. The van der Waals surface area contributed by atoms with Crippen LogP contribution in [0.1, 0.15) is 10.4 Å². The van der Waals surface area contributed by atoms with E-state index in [9.17, 15) is 4.79 Å². The second-order valence-corrected chi connectivity index (χ2v) is 8.01. The van der Waals surface area contributed by atoms with Crippen LogP contribution in [0.3, 0.4) is 0 Å². The molecule has 9 heteroatoms. The molecule has 0 atom stereocenters. The summed E-state index contributed by atoms with van der Waals surface area (Å²) in [6.45, 7) is 1.15. The number of hydrogen-bond acceptors (Lipinski definition) is 8. The zero-order valence-corrected chi connectivity index (χ0v) is 19.4. The summed E-state index contributed by atoms with van der Waals surface area (Å²) in [5.74, 6) is 1.80. The molecule has 0 radical (unpaired) electrons. The van der Waals surface area contributed by atoms with E-state index in [2.05, 4.69) is 0 Å². The Hall–Kier alpha value is -3.04. The minimum absolute atomic E-state index is 0.202. The van der Waals surface area contributed by atoms with Crippen molar-refractivity contribution in [2.45, 2.75) is 0 Å². The van der Waals surface area contributed by atoms with Crippen LogP contribution in [0.15, 0.2) is 30.3 Å². The van der Waals surface area contributed by atoms with E-state index in [4.69, 9.17) is 23.9 Å². The highest BCUT2D eigenvalue weighted by atomic mass is 32.1. The molecular formula is C22H27N3O5S. The van der Waals surface area contributed by atoms with Gasteiger partial charge in [0.1, 0.15) is 5.75 Å². The second kappa shape index (κ2) is 9.84. The summed E-state index contributed by atoms with van der Waals surface area (Å²) in [5.41, 5.74) is 1.21. The lowest BCUT2D eigenvalue weighted by Gasteiger charge is -2.23. The molecule has 0 spiro atoms. The lowest BCUT2D eigenvalue weighted by atomic mass is 10.1. The normalized spacial score (nSPS) is 10.9. The molecule has 0 fully saturated rings. The number of benzene rings is 2. The van der Waals surface area contributed by atoms with Crippen molar-refractivity contribution in [3.8, 4) is 23.0 Å². The molecule has 3 aromatic rings. The number of hydrogen-bond donors (Lipinski definition) is 0. The van der Waals surface area contributed by atoms with Crippen LogP contribution in [-0.2, 0) is 0 Å². The van der Waals surface area contributed by atoms with Crippen molar-refractivity contribution >= 4 is 32.6 Å². The van der Waals surface area contributed by atoms with Crippen LogP contribution in [-0.4, -0.2) is 71.4 Å². The summed E-state index contributed by atoms with van der Waals surface area (Å²) < 4.78 is 22.5. The molecule has 3 rings (SSSR count). The van der Waals surface area contributed by atoms with Crippen LogP contribution < -0.4 is 23.8 Å². The van der Waals surface area contributed by atoms with Crippen LogP contribution in [0.5, 0.6) is 23.0 Å². The number of amides is 1. The number of ether oxygens (including phenoxy) is 4. The first-order valence-corrected chi connectivity index (χ1v) is 10.4. The van der Waals surface area contributed by atoms with E-state index in [0.29, 0.717) is 41.0 Å². The summed E-state index contributed by atoms with van der Waals surface area (Å²) in [7, 11) is 10.1. The quantitative estimate of drug-likeness (QED) is 0.499. The van der Waals surface area contributed by atoms with Gasteiger partial charge in [-0.3, -0.25) is 9.69 Å². The predicted molar refractivity (Wildman–Crippen MR) is 123 cm³/mol. The van der Waals surface area contributed by atoms with Crippen molar-refractivity contribution in [3.63, 3.8) is 0 Å². The number of rotatable bonds is 9. The maximum atomic E-state index is 13.6. The Labute approximate surface area is 185 Å². The zero-order valence-electron chi connectivity index (χ0n) is 18.6. The lowest BCUT2D eigenvalue weighted by Crippen LogP contribution is -2.36. The SMILES string of the molecule is COc1ccc2sc(N(CCN(C)C)C(=O)c3cc(OC)c(OC)c(OC)c3)nc2c1. The van der Waals surface area contributed by atoms with Gasteiger partial charge in [0, 0.05) is 24.7 Å². The fraction of sp³-hybridized carbons (Fsp3) is 0.364. The molecule has 0 saturated carbocycles. The van der Waals surface area contributed by atoms with E-state index in [1.54, 1.807) is 24.1 Å². The fourth-order valence-corrected chi connectivity index (χ4v) is 4.05.